The number of rotatable bonds is 6. The van der Waals surface area contributed by atoms with Crippen molar-refractivity contribution in [2.24, 2.45) is 5.92 Å². The molecule has 1 atom stereocenters. The predicted molar refractivity (Wildman–Crippen MR) is 67.4 cm³/mol. The van der Waals surface area contributed by atoms with Crippen molar-refractivity contribution in [3.05, 3.63) is 27.9 Å². The van der Waals surface area contributed by atoms with Gasteiger partial charge in [-0.05, 0) is 19.3 Å². The molecule has 0 aliphatic carbocycles. The number of ether oxygens (including phenoxy) is 1. The van der Waals surface area contributed by atoms with Gasteiger partial charge in [0, 0.05) is 6.07 Å². The maximum atomic E-state index is 11.1. The minimum Gasteiger partial charge on any atom is -0.477 e. The highest BCUT2D eigenvalue weighted by atomic mass is 16.6. The standard InChI is InChI=1S/C12H16N2O5/c1-7(2)4-8(3)19-11-10(12(15)16)5-9(6-13-11)14(17)18/h5-8H,4H2,1-3H3,(H,15,16). The zero-order chi connectivity index (χ0) is 14.6. The van der Waals surface area contributed by atoms with Crippen molar-refractivity contribution in [1.29, 1.82) is 0 Å². The molecule has 0 aliphatic heterocycles. The number of hydrogen-bond donors (Lipinski definition) is 1. The summed E-state index contributed by atoms with van der Waals surface area (Å²) in [5.74, 6) is -1.00. The number of aromatic nitrogens is 1. The summed E-state index contributed by atoms with van der Waals surface area (Å²) in [5, 5.41) is 19.6. The number of carbonyl (C=O) groups is 1. The fourth-order valence-electron chi connectivity index (χ4n) is 1.69. The number of hydrogen-bond acceptors (Lipinski definition) is 5. The lowest BCUT2D eigenvalue weighted by Gasteiger charge is -2.16. The number of pyridine rings is 1. The average Bonchev–Trinajstić information content (AvgIpc) is 2.27. The molecule has 0 radical (unpaired) electrons. The number of nitro groups is 1. The monoisotopic (exact) mass is 268 g/mol. The molecule has 0 fully saturated rings. The van der Waals surface area contributed by atoms with Crippen LogP contribution in [0.2, 0.25) is 0 Å². The maximum absolute atomic E-state index is 11.1. The average molecular weight is 268 g/mol. The molecule has 7 heteroatoms. The first-order valence-electron chi connectivity index (χ1n) is 5.85. The Morgan fingerprint density at radius 2 is 2.16 bits per heavy atom. The van der Waals surface area contributed by atoms with E-state index in [9.17, 15) is 14.9 Å². The van der Waals surface area contributed by atoms with E-state index in [1.54, 1.807) is 6.92 Å². The first-order valence-corrected chi connectivity index (χ1v) is 5.85. The molecule has 0 bridgehead atoms. The first-order chi connectivity index (χ1) is 8.81. The summed E-state index contributed by atoms with van der Waals surface area (Å²) in [6.07, 6.45) is 1.51. The maximum Gasteiger partial charge on any atom is 0.341 e. The smallest absolute Gasteiger partial charge is 0.341 e. The SMILES string of the molecule is CC(C)CC(C)Oc1ncc([N+](=O)[O-])cc1C(=O)O. The van der Waals surface area contributed by atoms with Gasteiger partial charge in [-0.2, -0.15) is 0 Å². The Bertz CT molecular complexity index is 487. The van der Waals surface area contributed by atoms with Crippen LogP contribution in [-0.2, 0) is 0 Å². The van der Waals surface area contributed by atoms with Crippen LogP contribution in [0, 0.1) is 16.0 Å². The second kappa shape index (κ2) is 6.12. The Labute approximate surface area is 110 Å². The van der Waals surface area contributed by atoms with Crippen LogP contribution in [0.5, 0.6) is 5.88 Å². The summed E-state index contributed by atoms with van der Waals surface area (Å²) in [6.45, 7) is 5.83. The third-order valence-corrected chi connectivity index (χ3v) is 2.39. The van der Waals surface area contributed by atoms with Crippen LogP contribution in [-0.4, -0.2) is 27.1 Å². The summed E-state index contributed by atoms with van der Waals surface area (Å²) in [7, 11) is 0. The molecule has 0 amide bonds. The molecule has 1 unspecified atom stereocenters. The highest BCUT2D eigenvalue weighted by molar-refractivity contribution is 5.90. The highest BCUT2D eigenvalue weighted by Crippen LogP contribution is 2.23. The van der Waals surface area contributed by atoms with E-state index in [-0.39, 0.29) is 23.2 Å². The van der Waals surface area contributed by atoms with E-state index in [4.69, 9.17) is 9.84 Å². The van der Waals surface area contributed by atoms with Crippen LogP contribution in [0.1, 0.15) is 37.6 Å². The Hall–Kier alpha value is -2.18. The predicted octanol–water partition coefficient (Wildman–Crippen LogP) is 2.50. The van der Waals surface area contributed by atoms with Gasteiger partial charge in [0.1, 0.15) is 11.8 Å². The molecule has 1 aromatic rings. The molecule has 1 aromatic heterocycles. The van der Waals surface area contributed by atoms with E-state index in [2.05, 4.69) is 4.98 Å². The fourth-order valence-corrected chi connectivity index (χ4v) is 1.69. The molecule has 0 aromatic carbocycles. The summed E-state index contributed by atoms with van der Waals surface area (Å²) in [6, 6.07) is 0.951. The third kappa shape index (κ3) is 4.20. The van der Waals surface area contributed by atoms with Gasteiger partial charge < -0.3 is 9.84 Å². The van der Waals surface area contributed by atoms with Gasteiger partial charge in [-0.1, -0.05) is 13.8 Å². The minimum atomic E-state index is -1.30. The van der Waals surface area contributed by atoms with Crippen LogP contribution < -0.4 is 4.74 Å². The van der Waals surface area contributed by atoms with Crippen LogP contribution in [0.25, 0.3) is 0 Å². The molecule has 7 nitrogen and oxygen atoms in total. The molecule has 19 heavy (non-hydrogen) atoms. The van der Waals surface area contributed by atoms with Crippen LogP contribution >= 0.6 is 0 Å². The number of carboxylic acid groups (broad SMARTS) is 1. The molecular formula is C12H16N2O5. The van der Waals surface area contributed by atoms with Crippen LogP contribution in [0.3, 0.4) is 0 Å². The van der Waals surface area contributed by atoms with Crippen molar-refractivity contribution in [2.75, 3.05) is 0 Å². The van der Waals surface area contributed by atoms with Crippen LogP contribution in [0.4, 0.5) is 5.69 Å². The Kier molecular flexibility index (Phi) is 4.80. The summed E-state index contributed by atoms with van der Waals surface area (Å²) in [5.41, 5.74) is -0.675. The molecule has 0 saturated carbocycles. The summed E-state index contributed by atoms with van der Waals surface area (Å²) in [4.78, 5) is 24.7. The molecule has 1 rings (SSSR count). The van der Waals surface area contributed by atoms with E-state index >= 15 is 0 Å². The molecule has 0 spiro atoms. The molecule has 104 valence electrons. The minimum absolute atomic E-state index is 0.0914. The largest absolute Gasteiger partial charge is 0.477 e. The first kappa shape index (κ1) is 14.9. The van der Waals surface area contributed by atoms with E-state index in [1.807, 2.05) is 13.8 Å². The normalized spacial score (nSPS) is 12.2. The van der Waals surface area contributed by atoms with Crippen molar-refractivity contribution in [2.45, 2.75) is 33.3 Å². The van der Waals surface area contributed by atoms with E-state index < -0.39 is 10.9 Å². The van der Waals surface area contributed by atoms with Crippen LogP contribution in [0.15, 0.2) is 12.3 Å². The second-order valence-corrected chi connectivity index (χ2v) is 4.67. The quantitative estimate of drug-likeness (QED) is 0.628. The van der Waals surface area contributed by atoms with Gasteiger partial charge in [0.05, 0.1) is 11.0 Å². The molecule has 0 aliphatic rings. The summed E-state index contributed by atoms with van der Waals surface area (Å²) >= 11 is 0. The van der Waals surface area contributed by atoms with Crippen molar-refractivity contribution >= 4 is 11.7 Å². The molecule has 1 heterocycles. The van der Waals surface area contributed by atoms with Crippen molar-refractivity contribution in [3.63, 3.8) is 0 Å². The van der Waals surface area contributed by atoms with Gasteiger partial charge >= 0.3 is 5.97 Å². The van der Waals surface area contributed by atoms with Gasteiger partial charge in [-0.15, -0.1) is 0 Å². The number of carboxylic acids is 1. The zero-order valence-electron chi connectivity index (χ0n) is 11.0. The fraction of sp³-hybridized carbons (Fsp3) is 0.500. The Morgan fingerprint density at radius 3 is 2.63 bits per heavy atom. The zero-order valence-corrected chi connectivity index (χ0v) is 11.0. The number of aromatic carboxylic acids is 1. The van der Waals surface area contributed by atoms with Gasteiger partial charge in [-0.25, -0.2) is 9.78 Å². The van der Waals surface area contributed by atoms with Gasteiger partial charge in [0.15, 0.2) is 0 Å². The Balaban J connectivity index is 3.00. The van der Waals surface area contributed by atoms with Crippen molar-refractivity contribution in [1.82, 2.24) is 4.98 Å². The van der Waals surface area contributed by atoms with Gasteiger partial charge in [0.25, 0.3) is 5.69 Å². The second-order valence-electron chi connectivity index (χ2n) is 4.67. The lowest BCUT2D eigenvalue weighted by atomic mass is 10.1. The summed E-state index contributed by atoms with van der Waals surface area (Å²) < 4.78 is 5.44. The van der Waals surface area contributed by atoms with Gasteiger partial charge in [0.2, 0.25) is 5.88 Å². The highest BCUT2D eigenvalue weighted by Gasteiger charge is 2.20. The molecular weight excluding hydrogens is 252 g/mol. The van der Waals surface area contributed by atoms with Crippen molar-refractivity contribution < 1.29 is 19.6 Å². The lowest BCUT2D eigenvalue weighted by molar-refractivity contribution is -0.385. The van der Waals surface area contributed by atoms with Crippen molar-refractivity contribution in [3.8, 4) is 5.88 Å². The van der Waals surface area contributed by atoms with E-state index in [0.717, 1.165) is 18.7 Å². The molecule has 1 N–H and O–H groups in total. The molecule has 0 saturated heterocycles. The van der Waals surface area contributed by atoms with E-state index in [1.165, 1.54) is 0 Å². The topological polar surface area (TPSA) is 103 Å². The third-order valence-electron chi connectivity index (χ3n) is 2.39. The number of nitrogens with zero attached hydrogens (tertiary/aromatic N) is 2. The Morgan fingerprint density at radius 1 is 1.53 bits per heavy atom. The van der Waals surface area contributed by atoms with E-state index in [0.29, 0.717) is 5.92 Å². The lowest BCUT2D eigenvalue weighted by Crippen LogP contribution is -2.17. The van der Waals surface area contributed by atoms with Gasteiger partial charge in [-0.3, -0.25) is 10.1 Å².